The third-order valence-corrected chi connectivity index (χ3v) is 4.81. The SMILES string of the molecule is CCC(C)N1C(=O)c2ccccc2NC1c1ccccc1OCC(C)C. The van der Waals surface area contributed by atoms with Crippen molar-refractivity contribution in [1.82, 2.24) is 4.90 Å². The lowest BCUT2D eigenvalue weighted by Gasteiger charge is -2.42. The number of carbonyl (C=O) groups is 1. The molecule has 4 heteroatoms. The lowest BCUT2D eigenvalue weighted by atomic mass is 10.00. The van der Waals surface area contributed by atoms with E-state index in [-0.39, 0.29) is 18.1 Å². The van der Waals surface area contributed by atoms with Crippen LogP contribution in [0.1, 0.15) is 56.2 Å². The molecule has 1 aliphatic heterocycles. The first-order chi connectivity index (χ1) is 12.5. The van der Waals surface area contributed by atoms with Crippen molar-refractivity contribution in [3.63, 3.8) is 0 Å². The lowest BCUT2D eigenvalue weighted by Crippen LogP contribution is -2.47. The van der Waals surface area contributed by atoms with Gasteiger partial charge in [-0.3, -0.25) is 4.79 Å². The van der Waals surface area contributed by atoms with Crippen molar-refractivity contribution in [2.24, 2.45) is 5.92 Å². The van der Waals surface area contributed by atoms with Crippen LogP contribution in [-0.2, 0) is 0 Å². The van der Waals surface area contributed by atoms with Crippen LogP contribution in [0.5, 0.6) is 5.75 Å². The zero-order valence-electron chi connectivity index (χ0n) is 16.0. The molecule has 4 nitrogen and oxygen atoms in total. The highest BCUT2D eigenvalue weighted by molar-refractivity contribution is 6.02. The second kappa shape index (κ2) is 7.81. The van der Waals surface area contributed by atoms with Gasteiger partial charge in [-0.05, 0) is 37.5 Å². The number of fused-ring (bicyclic) bond motifs is 1. The predicted octanol–water partition coefficient (Wildman–Crippen LogP) is 5.09. The minimum Gasteiger partial charge on any atom is -0.493 e. The zero-order valence-corrected chi connectivity index (χ0v) is 16.0. The quantitative estimate of drug-likeness (QED) is 0.787. The normalized spacial score (nSPS) is 17.7. The van der Waals surface area contributed by atoms with Crippen molar-refractivity contribution in [3.8, 4) is 5.75 Å². The number of para-hydroxylation sites is 2. The number of ether oxygens (including phenoxy) is 1. The van der Waals surface area contributed by atoms with Gasteiger partial charge < -0.3 is 15.0 Å². The lowest BCUT2D eigenvalue weighted by molar-refractivity contribution is 0.0590. The molecule has 0 radical (unpaired) electrons. The van der Waals surface area contributed by atoms with Crippen molar-refractivity contribution in [3.05, 3.63) is 59.7 Å². The molecule has 0 bridgehead atoms. The topological polar surface area (TPSA) is 41.6 Å². The standard InChI is InChI=1S/C22H28N2O2/c1-5-16(4)24-21(23-19-12-8-6-10-17(19)22(24)25)18-11-7-9-13-20(18)26-14-15(2)3/h6-13,15-16,21,23H,5,14H2,1-4H3. The van der Waals surface area contributed by atoms with Gasteiger partial charge in [-0.2, -0.15) is 0 Å². The summed E-state index contributed by atoms with van der Waals surface area (Å²) in [6.45, 7) is 9.12. The molecule has 0 fully saturated rings. The molecule has 3 rings (SSSR count). The Balaban J connectivity index is 2.03. The van der Waals surface area contributed by atoms with Gasteiger partial charge in [0, 0.05) is 17.3 Å². The van der Waals surface area contributed by atoms with Crippen LogP contribution in [0.3, 0.4) is 0 Å². The Kier molecular flexibility index (Phi) is 5.50. The Morgan fingerprint density at radius 3 is 2.50 bits per heavy atom. The van der Waals surface area contributed by atoms with Crippen molar-refractivity contribution in [2.75, 3.05) is 11.9 Å². The van der Waals surface area contributed by atoms with E-state index >= 15 is 0 Å². The van der Waals surface area contributed by atoms with Gasteiger partial charge in [-0.1, -0.05) is 51.1 Å². The summed E-state index contributed by atoms with van der Waals surface area (Å²) in [5.74, 6) is 1.34. The van der Waals surface area contributed by atoms with Gasteiger partial charge in [0.05, 0.1) is 12.2 Å². The second-order valence-electron chi connectivity index (χ2n) is 7.30. The van der Waals surface area contributed by atoms with E-state index in [1.165, 1.54) is 0 Å². The van der Waals surface area contributed by atoms with Crippen LogP contribution < -0.4 is 10.1 Å². The first kappa shape index (κ1) is 18.3. The van der Waals surface area contributed by atoms with Gasteiger partial charge >= 0.3 is 0 Å². The Morgan fingerprint density at radius 2 is 1.77 bits per heavy atom. The number of benzene rings is 2. The molecular weight excluding hydrogens is 324 g/mol. The number of rotatable bonds is 6. The number of hydrogen-bond acceptors (Lipinski definition) is 3. The minimum absolute atomic E-state index is 0.0670. The maximum atomic E-state index is 13.2. The van der Waals surface area contributed by atoms with Crippen LogP contribution in [0.2, 0.25) is 0 Å². The summed E-state index contributed by atoms with van der Waals surface area (Å²) >= 11 is 0. The molecule has 2 unspecified atom stereocenters. The third-order valence-electron chi connectivity index (χ3n) is 4.81. The molecule has 138 valence electrons. The van der Waals surface area contributed by atoms with Gasteiger partial charge in [-0.25, -0.2) is 0 Å². The highest BCUT2D eigenvalue weighted by Gasteiger charge is 2.36. The molecule has 0 saturated heterocycles. The highest BCUT2D eigenvalue weighted by atomic mass is 16.5. The molecule has 2 aromatic rings. The van der Waals surface area contributed by atoms with Gasteiger partial charge in [0.1, 0.15) is 11.9 Å². The Hall–Kier alpha value is -2.49. The van der Waals surface area contributed by atoms with Crippen molar-refractivity contribution in [2.45, 2.75) is 46.3 Å². The fourth-order valence-electron chi connectivity index (χ4n) is 3.24. The zero-order chi connectivity index (χ0) is 18.7. The summed E-state index contributed by atoms with van der Waals surface area (Å²) in [5, 5.41) is 3.56. The van der Waals surface area contributed by atoms with Gasteiger partial charge in [0.2, 0.25) is 0 Å². The fourth-order valence-corrected chi connectivity index (χ4v) is 3.24. The van der Waals surface area contributed by atoms with E-state index in [0.29, 0.717) is 12.5 Å². The van der Waals surface area contributed by atoms with Crippen LogP contribution in [-0.4, -0.2) is 23.5 Å². The average Bonchev–Trinajstić information content (AvgIpc) is 2.66. The first-order valence-electron chi connectivity index (χ1n) is 9.42. The van der Waals surface area contributed by atoms with E-state index in [1.54, 1.807) is 0 Å². The number of nitrogens with zero attached hydrogens (tertiary/aromatic N) is 1. The van der Waals surface area contributed by atoms with Crippen molar-refractivity contribution in [1.29, 1.82) is 0 Å². The smallest absolute Gasteiger partial charge is 0.258 e. The molecule has 0 spiro atoms. The van der Waals surface area contributed by atoms with Crippen LogP contribution in [0.25, 0.3) is 0 Å². The molecule has 1 amide bonds. The summed E-state index contributed by atoms with van der Waals surface area (Å²) in [4.78, 5) is 15.2. The van der Waals surface area contributed by atoms with E-state index in [9.17, 15) is 4.79 Å². The predicted molar refractivity (Wildman–Crippen MR) is 106 cm³/mol. The van der Waals surface area contributed by atoms with Crippen LogP contribution in [0.4, 0.5) is 5.69 Å². The fraction of sp³-hybridized carbons (Fsp3) is 0.409. The largest absolute Gasteiger partial charge is 0.493 e. The van der Waals surface area contributed by atoms with E-state index in [4.69, 9.17) is 4.74 Å². The summed E-state index contributed by atoms with van der Waals surface area (Å²) in [5.41, 5.74) is 2.60. The first-order valence-corrected chi connectivity index (χ1v) is 9.42. The summed E-state index contributed by atoms with van der Waals surface area (Å²) in [7, 11) is 0. The van der Waals surface area contributed by atoms with E-state index in [2.05, 4.69) is 33.0 Å². The average molecular weight is 352 g/mol. The monoisotopic (exact) mass is 352 g/mol. The van der Waals surface area contributed by atoms with Crippen LogP contribution in [0, 0.1) is 5.92 Å². The number of anilines is 1. The Labute approximate surface area is 156 Å². The highest BCUT2D eigenvalue weighted by Crippen LogP contribution is 2.38. The molecule has 2 atom stereocenters. The van der Waals surface area contributed by atoms with E-state index in [1.807, 2.05) is 53.4 Å². The maximum Gasteiger partial charge on any atom is 0.258 e. The summed E-state index contributed by atoms with van der Waals surface area (Å²) < 4.78 is 6.06. The summed E-state index contributed by atoms with van der Waals surface area (Å²) in [6, 6.07) is 15.8. The summed E-state index contributed by atoms with van der Waals surface area (Å²) in [6.07, 6.45) is 0.650. The van der Waals surface area contributed by atoms with E-state index in [0.717, 1.165) is 29.0 Å². The maximum absolute atomic E-state index is 13.2. The Bertz CT molecular complexity index is 772. The van der Waals surface area contributed by atoms with Crippen LogP contribution >= 0.6 is 0 Å². The van der Waals surface area contributed by atoms with Crippen molar-refractivity contribution >= 4 is 11.6 Å². The molecule has 0 aromatic heterocycles. The van der Waals surface area contributed by atoms with Gasteiger partial charge in [0.25, 0.3) is 5.91 Å². The minimum atomic E-state index is -0.240. The molecular formula is C22H28N2O2. The molecule has 0 aliphatic carbocycles. The third kappa shape index (κ3) is 3.55. The number of amides is 1. The molecule has 0 saturated carbocycles. The molecule has 2 aromatic carbocycles. The van der Waals surface area contributed by atoms with E-state index < -0.39 is 0 Å². The molecule has 1 N–H and O–H groups in total. The number of nitrogens with one attached hydrogen (secondary N) is 1. The van der Waals surface area contributed by atoms with Crippen LogP contribution in [0.15, 0.2) is 48.5 Å². The molecule has 1 aliphatic rings. The van der Waals surface area contributed by atoms with Gasteiger partial charge in [-0.15, -0.1) is 0 Å². The number of carbonyl (C=O) groups excluding carboxylic acids is 1. The molecule has 26 heavy (non-hydrogen) atoms. The Morgan fingerprint density at radius 1 is 1.08 bits per heavy atom. The second-order valence-corrected chi connectivity index (χ2v) is 7.30. The van der Waals surface area contributed by atoms with Crippen molar-refractivity contribution < 1.29 is 9.53 Å². The molecule has 1 heterocycles. The van der Waals surface area contributed by atoms with Gasteiger partial charge in [0.15, 0.2) is 0 Å². The number of hydrogen-bond donors (Lipinski definition) is 1.